The number of pyridine rings is 2. The van der Waals surface area contributed by atoms with Gasteiger partial charge in [0.25, 0.3) is 5.91 Å². The quantitative estimate of drug-likeness (QED) is 0.336. The van der Waals surface area contributed by atoms with Crippen LogP contribution in [0.4, 0.5) is 13.2 Å². The maximum absolute atomic E-state index is 14.4. The van der Waals surface area contributed by atoms with Crippen molar-refractivity contribution in [2.75, 3.05) is 27.3 Å². The SMILES string of the molecule is COc1cccc(OC)c1-c1c(-c2ccc(F)cc2)nc(O)c(C(=O)N2CCC(c3ncc(F)cc3F)C2)c1O. The molecule has 1 saturated heterocycles. The molecule has 11 heteroatoms. The summed E-state index contributed by atoms with van der Waals surface area (Å²) in [6, 6.07) is 10.9. The van der Waals surface area contributed by atoms with Crippen molar-refractivity contribution in [2.45, 2.75) is 12.3 Å². The van der Waals surface area contributed by atoms with Crippen molar-refractivity contribution in [3.63, 3.8) is 0 Å². The van der Waals surface area contributed by atoms with Gasteiger partial charge in [0, 0.05) is 30.6 Å². The van der Waals surface area contributed by atoms with Gasteiger partial charge in [0.2, 0.25) is 5.88 Å². The van der Waals surface area contributed by atoms with Gasteiger partial charge in [0.05, 0.1) is 42.9 Å². The Morgan fingerprint density at radius 2 is 1.65 bits per heavy atom. The van der Waals surface area contributed by atoms with Crippen LogP contribution in [0.25, 0.3) is 22.4 Å². The third-order valence-electron chi connectivity index (χ3n) is 6.86. The van der Waals surface area contributed by atoms with Crippen LogP contribution < -0.4 is 9.47 Å². The zero-order chi connectivity index (χ0) is 28.6. The van der Waals surface area contributed by atoms with Crippen LogP contribution in [0.2, 0.25) is 0 Å². The Morgan fingerprint density at radius 3 is 2.27 bits per heavy atom. The van der Waals surface area contributed by atoms with Crippen LogP contribution in [0.1, 0.15) is 28.4 Å². The smallest absolute Gasteiger partial charge is 0.263 e. The van der Waals surface area contributed by atoms with Crippen LogP contribution in [0.5, 0.6) is 23.1 Å². The predicted octanol–water partition coefficient (Wildman–Crippen LogP) is 5.29. The molecule has 2 aromatic carbocycles. The zero-order valence-corrected chi connectivity index (χ0v) is 21.5. The summed E-state index contributed by atoms with van der Waals surface area (Å²) >= 11 is 0. The Labute approximate surface area is 227 Å². The van der Waals surface area contributed by atoms with E-state index in [4.69, 9.17) is 9.47 Å². The first-order chi connectivity index (χ1) is 19.2. The summed E-state index contributed by atoms with van der Waals surface area (Å²) in [4.78, 5) is 23.1. The van der Waals surface area contributed by atoms with Gasteiger partial charge < -0.3 is 24.6 Å². The molecular formula is C29H24F3N3O5. The number of hydrogen-bond acceptors (Lipinski definition) is 7. The first-order valence-corrected chi connectivity index (χ1v) is 12.3. The monoisotopic (exact) mass is 551 g/mol. The van der Waals surface area contributed by atoms with Crippen LogP contribution in [0.3, 0.4) is 0 Å². The molecule has 0 aliphatic carbocycles. The Kier molecular flexibility index (Phi) is 7.20. The first-order valence-electron chi connectivity index (χ1n) is 12.3. The number of aromatic hydroxyl groups is 2. The summed E-state index contributed by atoms with van der Waals surface area (Å²) in [6.07, 6.45) is 1.24. The minimum atomic E-state index is -0.819. The zero-order valence-electron chi connectivity index (χ0n) is 21.5. The minimum Gasteiger partial charge on any atom is -0.506 e. The van der Waals surface area contributed by atoms with Crippen LogP contribution >= 0.6 is 0 Å². The highest BCUT2D eigenvalue weighted by molar-refractivity contribution is 6.04. The lowest BCUT2D eigenvalue weighted by atomic mass is 9.94. The van der Waals surface area contributed by atoms with Gasteiger partial charge in [0.15, 0.2) is 0 Å². The van der Waals surface area contributed by atoms with Crippen molar-refractivity contribution in [2.24, 2.45) is 0 Å². The Hall–Kier alpha value is -4.80. The Balaban J connectivity index is 1.64. The van der Waals surface area contributed by atoms with Gasteiger partial charge in [-0.3, -0.25) is 9.78 Å². The summed E-state index contributed by atoms with van der Waals surface area (Å²) in [6.45, 7) is 0.175. The number of benzene rings is 2. The van der Waals surface area contributed by atoms with Gasteiger partial charge in [-0.15, -0.1) is 0 Å². The van der Waals surface area contributed by atoms with Gasteiger partial charge in [-0.2, -0.15) is 0 Å². The Morgan fingerprint density at radius 1 is 0.975 bits per heavy atom. The number of likely N-dealkylation sites (tertiary alicyclic amines) is 1. The molecule has 0 saturated carbocycles. The fourth-order valence-electron chi connectivity index (χ4n) is 4.96. The molecule has 0 radical (unpaired) electrons. The number of methoxy groups -OCH3 is 2. The molecule has 0 bridgehead atoms. The second-order valence-corrected chi connectivity index (χ2v) is 9.18. The number of carbonyl (C=O) groups excluding carboxylic acids is 1. The highest BCUT2D eigenvalue weighted by atomic mass is 19.1. The number of carbonyl (C=O) groups is 1. The number of nitrogens with zero attached hydrogens (tertiary/aromatic N) is 3. The molecule has 1 unspecified atom stereocenters. The standard InChI is InChI=1S/C29H24F3N3O5/c1-39-20-4-3-5-21(40-2)22(20)23-26(15-6-8-17(30)9-7-15)34-28(37)24(27(23)36)29(38)35-11-10-16(14-35)25-19(32)12-18(31)13-33-25/h3-9,12-13,16H,10-11,14H2,1-2H3,(H2,34,36,37). The molecule has 1 atom stereocenters. The molecular weight excluding hydrogens is 527 g/mol. The topological polar surface area (TPSA) is 105 Å². The highest BCUT2D eigenvalue weighted by Gasteiger charge is 2.36. The average Bonchev–Trinajstić information content (AvgIpc) is 3.43. The summed E-state index contributed by atoms with van der Waals surface area (Å²) in [5, 5.41) is 22.5. The van der Waals surface area contributed by atoms with Crippen LogP contribution in [0.15, 0.2) is 54.7 Å². The van der Waals surface area contributed by atoms with Gasteiger partial charge >= 0.3 is 0 Å². The van der Waals surface area contributed by atoms with E-state index in [1.807, 2.05) is 0 Å². The summed E-state index contributed by atoms with van der Waals surface area (Å²) < 4.78 is 52.4. The van der Waals surface area contributed by atoms with Crippen LogP contribution in [-0.2, 0) is 0 Å². The molecule has 1 amide bonds. The number of ether oxygens (including phenoxy) is 2. The second kappa shape index (κ2) is 10.8. The molecule has 3 heterocycles. The van der Waals surface area contributed by atoms with E-state index >= 15 is 0 Å². The van der Waals surface area contributed by atoms with Gasteiger partial charge in [0.1, 0.15) is 40.3 Å². The van der Waals surface area contributed by atoms with Crippen molar-refractivity contribution >= 4 is 5.91 Å². The predicted molar refractivity (Wildman–Crippen MR) is 139 cm³/mol. The molecule has 2 N–H and O–H groups in total. The number of halogens is 3. The molecule has 8 nitrogen and oxygen atoms in total. The maximum Gasteiger partial charge on any atom is 0.263 e. The fraction of sp³-hybridized carbons (Fsp3) is 0.207. The number of rotatable bonds is 6. The molecule has 206 valence electrons. The second-order valence-electron chi connectivity index (χ2n) is 9.18. The van der Waals surface area contributed by atoms with Crippen molar-refractivity contribution in [3.8, 4) is 45.5 Å². The largest absolute Gasteiger partial charge is 0.506 e. The first kappa shape index (κ1) is 26.8. The van der Waals surface area contributed by atoms with Crippen molar-refractivity contribution in [3.05, 3.63) is 83.4 Å². The summed E-state index contributed by atoms with van der Waals surface area (Å²) in [5.74, 6) is -4.21. The van der Waals surface area contributed by atoms with E-state index < -0.39 is 46.5 Å². The number of hydrogen-bond donors (Lipinski definition) is 2. The Bertz CT molecular complexity index is 1580. The maximum atomic E-state index is 14.4. The van der Waals surface area contributed by atoms with E-state index in [9.17, 15) is 28.2 Å². The molecule has 1 aliphatic heterocycles. The van der Waals surface area contributed by atoms with E-state index in [2.05, 4.69) is 9.97 Å². The van der Waals surface area contributed by atoms with Crippen molar-refractivity contribution in [1.82, 2.24) is 14.9 Å². The normalized spacial score (nSPS) is 14.8. The lowest BCUT2D eigenvalue weighted by Crippen LogP contribution is -2.29. The van der Waals surface area contributed by atoms with E-state index in [1.165, 1.54) is 43.4 Å². The van der Waals surface area contributed by atoms with Crippen molar-refractivity contribution in [1.29, 1.82) is 0 Å². The molecule has 2 aromatic heterocycles. The average molecular weight is 552 g/mol. The molecule has 40 heavy (non-hydrogen) atoms. The number of aromatic nitrogens is 2. The van der Waals surface area contributed by atoms with Crippen LogP contribution in [0, 0.1) is 17.5 Å². The number of amides is 1. The van der Waals surface area contributed by atoms with E-state index in [0.717, 1.165) is 12.3 Å². The molecule has 1 aliphatic rings. The van der Waals surface area contributed by atoms with E-state index in [1.54, 1.807) is 18.2 Å². The lowest BCUT2D eigenvalue weighted by Gasteiger charge is -2.22. The third kappa shape index (κ3) is 4.74. The lowest BCUT2D eigenvalue weighted by molar-refractivity contribution is 0.0783. The van der Waals surface area contributed by atoms with Crippen LogP contribution in [-0.4, -0.2) is 58.3 Å². The minimum absolute atomic E-state index is 0.0142. The summed E-state index contributed by atoms with van der Waals surface area (Å²) in [7, 11) is 2.83. The van der Waals surface area contributed by atoms with Gasteiger partial charge in [-0.05, 0) is 42.8 Å². The molecule has 0 spiro atoms. The van der Waals surface area contributed by atoms with Gasteiger partial charge in [-0.25, -0.2) is 18.2 Å². The third-order valence-corrected chi connectivity index (χ3v) is 6.86. The molecule has 4 aromatic rings. The van der Waals surface area contributed by atoms with E-state index in [0.29, 0.717) is 12.0 Å². The van der Waals surface area contributed by atoms with Gasteiger partial charge in [-0.1, -0.05) is 6.07 Å². The van der Waals surface area contributed by atoms with E-state index in [-0.39, 0.29) is 47.1 Å². The van der Waals surface area contributed by atoms with Crippen molar-refractivity contribution < 1.29 is 37.7 Å². The molecule has 5 rings (SSSR count). The fourth-order valence-corrected chi connectivity index (χ4v) is 4.96. The highest BCUT2D eigenvalue weighted by Crippen LogP contribution is 2.50. The summed E-state index contributed by atoms with van der Waals surface area (Å²) in [5.41, 5.74) is 0.197. The molecule has 1 fully saturated rings.